The van der Waals surface area contributed by atoms with E-state index < -0.39 is 5.54 Å². The summed E-state index contributed by atoms with van der Waals surface area (Å²) in [5.41, 5.74) is -0.451. The minimum Gasteiger partial charge on any atom is -0.394 e. The van der Waals surface area contributed by atoms with Crippen molar-refractivity contribution in [2.75, 3.05) is 32.8 Å². The minimum atomic E-state index is -0.451. The number of hydrogen-bond donors (Lipinski definition) is 3. The van der Waals surface area contributed by atoms with Gasteiger partial charge in [-0.15, -0.1) is 0 Å². The Hall–Kier alpha value is -0.810. The SMILES string of the molecule is CC1CCN(CCCNC(=O)NC(C)(CO)C2CC2)CC1. The third-order valence-electron chi connectivity index (χ3n) is 5.02. The van der Waals surface area contributed by atoms with Gasteiger partial charge in [0.2, 0.25) is 0 Å². The molecule has 5 heteroatoms. The molecule has 2 amide bonds. The van der Waals surface area contributed by atoms with Gasteiger partial charge in [0.1, 0.15) is 0 Å². The van der Waals surface area contributed by atoms with Crippen molar-refractivity contribution in [2.24, 2.45) is 11.8 Å². The average Bonchev–Trinajstić information content (AvgIpc) is 3.30. The Morgan fingerprint density at radius 2 is 1.95 bits per heavy atom. The summed E-state index contributed by atoms with van der Waals surface area (Å²) in [6, 6.07) is -0.147. The molecule has 1 unspecified atom stereocenters. The van der Waals surface area contributed by atoms with Crippen LogP contribution in [-0.2, 0) is 0 Å². The molecule has 2 rings (SSSR count). The van der Waals surface area contributed by atoms with Gasteiger partial charge in [0.25, 0.3) is 0 Å². The first-order valence-corrected chi connectivity index (χ1v) is 8.43. The van der Waals surface area contributed by atoms with Crippen molar-refractivity contribution in [1.29, 1.82) is 0 Å². The quantitative estimate of drug-likeness (QED) is 0.625. The lowest BCUT2D eigenvalue weighted by molar-refractivity contribution is 0.154. The predicted octanol–water partition coefficient (Wildman–Crippen LogP) is 1.57. The van der Waals surface area contributed by atoms with Crippen molar-refractivity contribution in [3.63, 3.8) is 0 Å². The molecule has 1 aliphatic carbocycles. The van der Waals surface area contributed by atoms with Crippen molar-refractivity contribution in [1.82, 2.24) is 15.5 Å². The summed E-state index contributed by atoms with van der Waals surface area (Å²) in [5, 5.41) is 15.3. The Bertz CT molecular complexity index is 338. The molecule has 1 aliphatic heterocycles. The maximum atomic E-state index is 11.9. The second-order valence-electron chi connectivity index (χ2n) is 7.11. The van der Waals surface area contributed by atoms with Gasteiger partial charge < -0.3 is 20.6 Å². The Kier molecular flexibility index (Phi) is 5.88. The molecule has 0 aromatic rings. The lowest BCUT2D eigenvalue weighted by Crippen LogP contribution is -2.54. The fraction of sp³-hybridized carbons (Fsp3) is 0.938. The lowest BCUT2D eigenvalue weighted by atomic mass is 9.97. The summed E-state index contributed by atoms with van der Waals surface area (Å²) in [6.07, 6.45) is 5.78. The first-order valence-electron chi connectivity index (χ1n) is 8.43. The van der Waals surface area contributed by atoms with E-state index in [-0.39, 0.29) is 12.6 Å². The van der Waals surface area contributed by atoms with Crippen LogP contribution in [0.15, 0.2) is 0 Å². The van der Waals surface area contributed by atoms with Crippen molar-refractivity contribution >= 4 is 6.03 Å². The van der Waals surface area contributed by atoms with Gasteiger partial charge in [0.15, 0.2) is 0 Å². The number of hydrogen-bond acceptors (Lipinski definition) is 3. The van der Waals surface area contributed by atoms with Crippen LogP contribution in [-0.4, -0.2) is 54.4 Å². The maximum Gasteiger partial charge on any atom is 0.315 e. The van der Waals surface area contributed by atoms with Crippen LogP contribution in [0.3, 0.4) is 0 Å². The number of nitrogens with one attached hydrogen (secondary N) is 2. The molecule has 1 saturated heterocycles. The highest BCUT2D eigenvalue weighted by Crippen LogP contribution is 2.39. The van der Waals surface area contributed by atoms with Gasteiger partial charge in [-0.1, -0.05) is 6.92 Å². The Morgan fingerprint density at radius 1 is 1.29 bits per heavy atom. The zero-order chi connectivity index (χ0) is 15.3. The van der Waals surface area contributed by atoms with E-state index in [0.29, 0.717) is 12.5 Å². The molecule has 0 spiro atoms. The summed E-state index contributed by atoms with van der Waals surface area (Å²) >= 11 is 0. The maximum absolute atomic E-state index is 11.9. The second kappa shape index (κ2) is 7.45. The Labute approximate surface area is 128 Å². The van der Waals surface area contributed by atoms with Gasteiger partial charge in [-0.2, -0.15) is 0 Å². The van der Waals surface area contributed by atoms with E-state index in [2.05, 4.69) is 22.5 Å². The number of rotatable bonds is 7. The Balaban J connectivity index is 1.57. The molecule has 0 radical (unpaired) electrons. The van der Waals surface area contributed by atoms with E-state index in [1.165, 1.54) is 25.9 Å². The molecule has 122 valence electrons. The van der Waals surface area contributed by atoms with Crippen LogP contribution in [0.2, 0.25) is 0 Å². The Morgan fingerprint density at radius 3 is 2.52 bits per heavy atom. The molecule has 1 heterocycles. The van der Waals surface area contributed by atoms with Crippen LogP contribution >= 0.6 is 0 Å². The van der Waals surface area contributed by atoms with Gasteiger partial charge >= 0.3 is 6.03 Å². The number of carbonyl (C=O) groups is 1. The topological polar surface area (TPSA) is 64.6 Å². The molecular weight excluding hydrogens is 266 g/mol. The van der Waals surface area contributed by atoms with Crippen LogP contribution < -0.4 is 10.6 Å². The third kappa shape index (κ3) is 5.15. The molecule has 21 heavy (non-hydrogen) atoms. The van der Waals surface area contributed by atoms with Gasteiger partial charge in [-0.05, 0) is 70.5 Å². The van der Waals surface area contributed by atoms with Gasteiger partial charge in [-0.3, -0.25) is 0 Å². The van der Waals surface area contributed by atoms with Crippen molar-refractivity contribution in [3.8, 4) is 0 Å². The van der Waals surface area contributed by atoms with Crippen LogP contribution in [0.4, 0.5) is 4.79 Å². The highest BCUT2D eigenvalue weighted by molar-refractivity contribution is 5.74. The van der Waals surface area contributed by atoms with E-state index in [9.17, 15) is 9.90 Å². The van der Waals surface area contributed by atoms with Crippen molar-refractivity contribution < 1.29 is 9.90 Å². The van der Waals surface area contributed by atoms with E-state index >= 15 is 0 Å². The molecule has 0 aromatic heterocycles. The fourth-order valence-corrected chi connectivity index (χ4v) is 3.08. The molecule has 1 atom stereocenters. The summed E-state index contributed by atoms with van der Waals surface area (Å²) in [4.78, 5) is 14.4. The van der Waals surface area contributed by atoms with E-state index in [1.54, 1.807) is 0 Å². The molecule has 1 saturated carbocycles. The zero-order valence-electron chi connectivity index (χ0n) is 13.5. The normalized spacial score (nSPS) is 23.6. The number of aliphatic hydroxyl groups excluding tert-OH is 1. The van der Waals surface area contributed by atoms with Crippen LogP contribution in [0.25, 0.3) is 0 Å². The number of aliphatic hydroxyl groups is 1. The smallest absolute Gasteiger partial charge is 0.315 e. The van der Waals surface area contributed by atoms with Gasteiger partial charge in [0.05, 0.1) is 12.1 Å². The molecule has 3 N–H and O–H groups in total. The summed E-state index contributed by atoms with van der Waals surface area (Å²) < 4.78 is 0. The largest absolute Gasteiger partial charge is 0.394 e. The molecular formula is C16H31N3O2. The number of amides is 2. The third-order valence-corrected chi connectivity index (χ3v) is 5.02. The molecule has 0 bridgehead atoms. The molecule has 0 aromatic carbocycles. The fourth-order valence-electron chi connectivity index (χ4n) is 3.08. The summed E-state index contributed by atoms with van der Waals surface area (Å²) in [5.74, 6) is 1.30. The van der Waals surface area contributed by atoms with E-state index in [1.807, 2.05) is 6.92 Å². The summed E-state index contributed by atoms with van der Waals surface area (Å²) in [6.45, 7) is 8.41. The molecule has 5 nitrogen and oxygen atoms in total. The number of likely N-dealkylation sites (tertiary alicyclic amines) is 1. The highest BCUT2D eigenvalue weighted by atomic mass is 16.3. The lowest BCUT2D eigenvalue weighted by Gasteiger charge is -2.30. The van der Waals surface area contributed by atoms with Gasteiger partial charge in [0, 0.05) is 6.54 Å². The number of carbonyl (C=O) groups excluding carboxylic acids is 1. The minimum absolute atomic E-state index is 0.0110. The van der Waals surface area contributed by atoms with E-state index in [4.69, 9.17) is 0 Å². The first-order chi connectivity index (χ1) is 10.0. The van der Waals surface area contributed by atoms with Crippen molar-refractivity contribution in [2.45, 2.75) is 51.5 Å². The number of nitrogens with zero attached hydrogens (tertiary/aromatic N) is 1. The van der Waals surface area contributed by atoms with Crippen LogP contribution in [0, 0.1) is 11.8 Å². The van der Waals surface area contributed by atoms with E-state index in [0.717, 1.165) is 31.7 Å². The number of piperidine rings is 1. The van der Waals surface area contributed by atoms with Crippen LogP contribution in [0.5, 0.6) is 0 Å². The molecule has 2 aliphatic rings. The zero-order valence-corrected chi connectivity index (χ0v) is 13.5. The number of urea groups is 1. The predicted molar refractivity (Wildman–Crippen MR) is 84.2 cm³/mol. The second-order valence-corrected chi connectivity index (χ2v) is 7.11. The van der Waals surface area contributed by atoms with Crippen LogP contribution in [0.1, 0.15) is 46.0 Å². The standard InChI is InChI=1S/C16H31N3O2/c1-13-6-10-19(11-7-13)9-3-8-17-15(21)18-16(2,12-20)14-4-5-14/h13-14,20H,3-12H2,1-2H3,(H2,17,18,21). The van der Waals surface area contributed by atoms with Crippen molar-refractivity contribution in [3.05, 3.63) is 0 Å². The average molecular weight is 297 g/mol. The monoisotopic (exact) mass is 297 g/mol. The highest BCUT2D eigenvalue weighted by Gasteiger charge is 2.42. The van der Waals surface area contributed by atoms with Gasteiger partial charge in [-0.25, -0.2) is 4.79 Å². The molecule has 2 fully saturated rings. The summed E-state index contributed by atoms with van der Waals surface area (Å²) in [7, 11) is 0. The first kappa shape index (κ1) is 16.6.